The van der Waals surface area contributed by atoms with Crippen molar-refractivity contribution in [2.45, 2.75) is 51.0 Å². The predicted octanol–water partition coefficient (Wildman–Crippen LogP) is 3.78. The topological polar surface area (TPSA) is 58.2 Å². The molecule has 1 aromatic rings. The van der Waals surface area contributed by atoms with Gasteiger partial charge in [0.2, 0.25) is 0 Å². The molecular formula is C19H23BrN2O2. The van der Waals surface area contributed by atoms with Gasteiger partial charge >= 0.3 is 11.8 Å². The Bertz CT molecular complexity index is 665. The summed E-state index contributed by atoms with van der Waals surface area (Å²) in [5.41, 5.74) is 1.59. The van der Waals surface area contributed by atoms with Gasteiger partial charge in [0, 0.05) is 10.0 Å². The summed E-state index contributed by atoms with van der Waals surface area (Å²) in [6, 6.07) is 5.65. The van der Waals surface area contributed by atoms with Gasteiger partial charge in [-0.3, -0.25) is 9.59 Å². The maximum atomic E-state index is 12.5. The Balaban J connectivity index is 1.43. The van der Waals surface area contributed by atoms with Crippen LogP contribution < -0.4 is 10.6 Å². The maximum absolute atomic E-state index is 12.5. The van der Waals surface area contributed by atoms with Crippen LogP contribution in [-0.4, -0.2) is 17.4 Å². The van der Waals surface area contributed by atoms with E-state index in [0.717, 1.165) is 47.1 Å². The van der Waals surface area contributed by atoms with Crippen LogP contribution in [0.4, 0.5) is 5.69 Å². The molecule has 4 bridgehead atoms. The summed E-state index contributed by atoms with van der Waals surface area (Å²) < 4.78 is 0.790. The van der Waals surface area contributed by atoms with E-state index in [2.05, 4.69) is 26.6 Å². The fraction of sp³-hybridized carbons (Fsp3) is 0.579. The fourth-order valence-electron chi connectivity index (χ4n) is 5.46. The zero-order valence-electron chi connectivity index (χ0n) is 13.9. The number of hydrogen-bond acceptors (Lipinski definition) is 2. The predicted molar refractivity (Wildman–Crippen MR) is 96.6 cm³/mol. The first-order valence-electron chi connectivity index (χ1n) is 8.82. The number of halogens is 1. The highest BCUT2D eigenvalue weighted by molar-refractivity contribution is 9.10. The minimum Gasteiger partial charge on any atom is -0.342 e. The van der Waals surface area contributed by atoms with E-state index in [1.165, 1.54) is 19.3 Å². The van der Waals surface area contributed by atoms with Crippen LogP contribution in [0.3, 0.4) is 0 Å². The summed E-state index contributed by atoms with van der Waals surface area (Å²) in [5.74, 6) is 1.15. The molecule has 0 heterocycles. The van der Waals surface area contributed by atoms with Crippen LogP contribution in [-0.2, 0) is 9.59 Å². The Morgan fingerprint density at radius 2 is 1.62 bits per heavy atom. The molecule has 24 heavy (non-hydrogen) atoms. The smallest absolute Gasteiger partial charge is 0.313 e. The van der Waals surface area contributed by atoms with E-state index >= 15 is 0 Å². The van der Waals surface area contributed by atoms with Gasteiger partial charge < -0.3 is 10.6 Å². The maximum Gasteiger partial charge on any atom is 0.313 e. The van der Waals surface area contributed by atoms with Gasteiger partial charge in [-0.2, -0.15) is 0 Å². The molecule has 0 spiro atoms. The molecule has 128 valence electrons. The zero-order chi connectivity index (χ0) is 16.9. The van der Waals surface area contributed by atoms with Crippen molar-refractivity contribution in [3.8, 4) is 0 Å². The SMILES string of the molecule is Cc1ccc(NC(=O)C(=O)NC23CC4CC(CC(C4)C2)C3)c(Br)c1. The molecule has 2 amide bonds. The van der Waals surface area contributed by atoms with Gasteiger partial charge in [-0.15, -0.1) is 0 Å². The Kier molecular flexibility index (Phi) is 3.94. The molecule has 4 aliphatic carbocycles. The Morgan fingerprint density at radius 1 is 1.04 bits per heavy atom. The van der Waals surface area contributed by atoms with Crippen molar-refractivity contribution < 1.29 is 9.59 Å². The molecule has 1 aromatic carbocycles. The largest absolute Gasteiger partial charge is 0.342 e. The van der Waals surface area contributed by atoms with E-state index in [1.807, 2.05) is 25.1 Å². The van der Waals surface area contributed by atoms with Crippen molar-refractivity contribution in [2.75, 3.05) is 5.32 Å². The number of anilines is 1. The third-order valence-corrected chi connectivity index (χ3v) is 6.65. The number of carbonyl (C=O) groups is 2. The summed E-state index contributed by atoms with van der Waals surface area (Å²) in [6.07, 6.45) is 7.09. The molecule has 4 saturated carbocycles. The van der Waals surface area contributed by atoms with E-state index in [9.17, 15) is 9.59 Å². The highest BCUT2D eigenvalue weighted by Crippen LogP contribution is 2.55. The number of hydrogen-bond donors (Lipinski definition) is 2. The lowest BCUT2D eigenvalue weighted by molar-refractivity contribution is -0.139. The van der Waals surface area contributed by atoms with Gasteiger partial charge in [-0.25, -0.2) is 0 Å². The average Bonchev–Trinajstić information content (AvgIpc) is 2.48. The highest BCUT2D eigenvalue weighted by Gasteiger charge is 2.51. The molecule has 0 aromatic heterocycles. The average molecular weight is 391 g/mol. The second-order valence-corrected chi connectivity index (χ2v) is 8.94. The monoisotopic (exact) mass is 390 g/mol. The number of aryl methyl sites for hydroxylation is 1. The van der Waals surface area contributed by atoms with Gasteiger partial charge in [0.15, 0.2) is 0 Å². The Morgan fingerprint density at radius 3 is 2.17 bits per heavy atom. The van der Waals surface area contributed by atoms with Gasteiger partial charge in [0.05, 0.1) is 5.69 Å². The Labute approximate surface area is 150 Å². The summed E-state index contributed by atoms with van der Waals surface area (Å²) in [4.78, 5) is 24.8. The number of amides is 2. The van der Waals surface area contributed by atoms with E-state index in [4.69, 9.17) is 0 Å². The second-order valence-electron chi connectivity index (χ2n) is 8.09. The second kappa shape index (κ2) is 5.87. The minimum atomic E-state index is -0.574. The lowest BCUT2D eigenvalue weighted by atomic mass is 9.53. The molecule has 5 rings (SSSR count). The third kappa shape index (κ3) is 2.99. The molecule has 0 unspecified atom stereocenters. The van der Waals surface area contributed by atoms with Crippen LogP contribution in [0.2, 0.25) is 0 Å². The first kappa shape index (κ1) is 16.1. The molecule has 0 aliphatic heterocycles. The van der Waals surface area contributed by atoms with Crippen molar-refractivity contribution in [3.63, 3.8) is 0 Å². The normalized spacial score (nSPS) is 33.3. The van der Waals surface area contributed by atoms with Crippen LogP contribution >= 0.6 is 15.9 Å². The van der Waals surface area contributed by atoms with Gasteiger partial charge in [0.1, 0.15) is 0 Å². The van der Waals surface area contributed by atoms with Crippen LogP contribution in [0.1, 0.15) is 44.1 Å². The van der Waals surface area contributed by atoms with Crippen molar-refractivity contribution in [3.05, 3.63) is 28.2 Å². The molecule has 4 aliphatic rings. The number of carbonyl (C=O) groups excluding carboxylic acids is 2. The van der Waals surface area contributed by atoms with E-state index in [0.29, 0.717) is 5.69 Å². The van der Waals surface area contributed by atoms with Crippen molar-refractivity contribution in [1.29, 1.82) is 0 Å². The first-order valence-corrected chi connectivity index (χ1v) is 9.61. The lowest BCUT2D eigenvalue weighted by Gasteiger charge is -2.56. The number of benzene rings is 1. The standard InChI is InChI=1S/C19H23BrN2O2/c1-11-2-3-16(15(20)4-11)21-17(23)18(24)22-19-8-12-5-13(9-19)7-14(6-12)10-19/h2-4,12-14H,5-10H2,1H3,(H,21,23)(H,22,24). The number of nitrogens with one attached hydrogen (secondary N) is 2. The molecule has 0 saturated heterocycles. The first-order chi connectivity index (χ1) is 11.4. The molecule has 2 N–H and O–H groups in total. The van der Waals surface area contributed by atoms with Crippen LogP contribution in [0.15, 0.2) is 22.7 Å². The highest BCUT2D eigenvalue weighted by atomic mass is 79.9. The summed E-state index contributed by atoms with van der Waals surface area (Å²) >= 11 is 3.43. The molecule has 0 atom stereocenters. The minimum absolute atomic E-state index is 0.131. The van der Waals surface area contributed by atoms with Gasteiger partial charge in [-0.05, 0) is 96.8 Å². The van der Waals surface area contributed by atoms with Gasteiger partial charge in [0.25, 0.3) is 0 Å². The Hall–Kier alpha value is -1.36. The molecule has 5 heteroatoms. The quantitative estimate of drug-likeness (QED) is 0.754. The molecule has 4 nitrogen and oxygen atoms in total. The summed E-state index contributed by atoms with van der Waals surface area (Å²) in [5, 5.41) is 5.83. The molecule has 0 radical (unpaired) electrons. The summed E-state index contributed by atoms with van der Waals surface area (Å²) in [6.45, 7) is 1.98. The van der Waals surface area contributed by atoms with Crippen LogP contribution in [0.25, 0.3) is 0 Å². The fourth-order valence-corrected chi connectivity index (χ4v) is 6.05. The van der Waals surface area contributed by atoms with Crippen molar-refractivity contribution in [2.24, 2.45) is 17.8 Å². The van der Waals surface area contributed by atoms with Gasteiger partial charge in [-0.1, -0.05) is 6.07 Å². The lowest BCUT2D eigenvalue weighted by Crippen LogP contribution is -2.61. The molecular weight excluding hydrogens is 368 g/mol. The van der Waals surface area contributed by atoms with Crippen molar-refractivity contribution >= 4 is 33.4 Å². The van der Waals surface area contributed by atoms with E-state index in [-0.39, 0.29) is 5.54 Å². The van der Waals surface area contributed by atoms with Crippen LogP contribution in [0.5, 0.6) is 0 Å². The number of rotatable bonds is 2. The zero-order valence-corrected chi connectivity index (χ0v) is 15.5. The van der Waals surface area contributed by atoms with E-state index in [1.54, 1.807) is 0 Å². The summed E-state index contributed by atoms with van der Waals surface area (Å²) in [7, 11) is 0. The third-order valence-electron chi connectivity index (χ3n) is 6.00. The van der Waals surface area contributed by atoms with Crippen molar-refractivity contribution in [1.82, 2.24) is 5.32 Å². The van der Waals surface area contributed by atoms with Crippen LogP contribution in [0, 0.1) is 24.7 Å². The molecule has 4 fully saturated rings. The van der Waals surface area contributed by atoms with E-state index < -0.39 is 11.8 Å².